The molecule has 2 saturated carbocycles. The van der Waals surface area contributed by atoms with E-state index in [4.69, 9.17) is 9.47 Å². The molecule has 7 atom stereocenters. The second kappa shape index (κ2) is 14.6. The molecule has 3 fully saturated rings. The van der Waals surface area contributed by atoms with E-state index in [2.05, 4.69) is 13.2 Å². The molecule has 1 saturated heterocycles. The monoisotopic (exact) mass is 670 g/mol. The maximum absolute atomic E-state index is 14.2. The molecule has 46 heavy (non-hydrogen) atoms. The van der Waals surface area contributed by atoms with E-state index in [1.165, 1.54) is 11.0 Å². The minimum atomic E-state index is -4.31. The smallest absolute Gasteiger partial charge is 0.307 e. The number of sulfonamides is 1. The number of ketones is 1. The summed E-state index contributed by atoms with van der Waals surface area (Å²) in [6, 6.07) is -1.12. The van der Waals surface area contributed by atoms with Gasteiger partial charge in [-0.15, -0.1) is 13.2 Å². The SMILES string of the molecule is C=CCC[C@@H](C)O[C@@H](CC)[C@H](CC(=O)OC(C)(C)C)C(=O)N1C[C@H](O)C[C@H]1C(=O)C[C@]1(C(=O)NS(=O)(=O)C2(CF)CC2)C[C@H]1C=C. The topological polar surface area (TPSA) is 156 Å². The third-order valence-electron chi connectivity index (χ3n) is 9.30. The van der Waals surface area contributed by atoms with Crippen molar-refractivity contribution < 1.29 is 46.6 Å². The highest BCUT2D eigenvalue weighted by Crippen LogP contribution is 2.57. The zero-order chi connectivity index (χ0) is 34.7. The first-order chi connectivity index (χ1) is 21.4. The van der Waals surface area contributed by atoms with Gasteiger partial charge in [0.2, 0.25) is 21.8 Å². The lowest BCUT2D eigenvalue weighted by Crippen LogP contribution is -2.49. The van der Waals surface area contributed by atoms with Crippen LogP contribution in [0.25, 0.3) is 0 Å². The molecule has 13 heteroatoms. The fraction of sp³-hybridized carbons (Fsp3) is 0.758. The van der Waals surface area contributed by atoms with E-state index in [1.54, 1.807) is 26.8 Å². The van der Waals surface area contributed by atoms with Crippen molar-refractivity contribution in [2.45, 2.75) is 127 Å². The molecular formula is C33H51FN2O9S. The molecule has 1 aliphatic heterocycles. The summed E-state index contributed by atoms with van der Waals surface area (Å²) in [7, 11) is -4.31. The molecule has 3 rings (SSSR count). The average molecular weight is 671 g/mol. The molecule has 0 aromatic carbocycles. The molecule has 0 radical (unpaired) electrons. The lowest BCUT2D eigenvalue weighted by molar-refractivity contribution is -0.163. The Morgan fingerprint density at radius 1 is 1.20 bits per heavy atom. The number of hydrogen-bond donors (Lipinski definition) is 2. The molecule has 2 amide bonds. The number of nitrogens with one attached hydrogen (secondary N) is 1. The first-order valence-corrected chi connectivity index (χ1v) is 17.6. The highest BCUT2D eigenvalue weighted by molar-refractivity contribution is 7.91. The van der Waals surface area contributed by atoms with Crippen molar-refractivity contribution >= 4 is 33.6 Å². The van der Waals surface area contributed by atoms with Gasteiger partial charge in [-0.2, -0.15) is 0 Å². The molecular weight excluding hydrogens is 619 g/mol. The number of halogens is 1. The van der Waals surface area contributed by atoms with Gasteiger partial charge >= 0.3 is 5.97 Å². The van der Waals surface area contributed by atoms with Gasteiger partial charge in [-0.05, 0) is 72.1 Å². The first kappa shape index (κ1) is 37.8. The molecule has 2 aliphatic carbocycles. The number of aliphatic hydroxyl groups excluding tert-OH is 1. The Balaban J connectivity index is 1.85. The fourth-order valence-electron chi connectivity index (χ4n) is 6.27. The van der Waals surface area contributed by atoms with Gasteiger partial charge in [0.05, 0.1) is 42.1 Å². The predicted molar refractivity (Wildman–Crippen MR) is 169 cm³/mol. The van der Waals surface area contributed by atoms with Crippen LogP contribution in [0.2, 0.25) is 0 Å². The van der Waals surface area contributed by atoms with E-state index >= 15 is 0 Å². The van der Waals surface area contributed by atoms with Crippen LogP contribution in [0, 0.1) is 17.3 Å². The second-order valence-electron chi connectivity index (χ2n) is 14.1. The van der Waals surface area contributed by atoms with Gasteiger partial charge in [0.25, 0.3) is 0 Å². The number of ether oxygens (including phenoxy) is 2. The molecule has 0 aromatic heterocycles. The van der Waals surface area contributed by atoms with E-state index in [1.807, 2.05) is 18.6 Å². The number of alkyl halides is 1. The number of aliphatic hydroxyl groups is 1. The van der Waals surface area contributed by atoms with Gasteiger partial charge in [-0.1, -0.05) is 19.1 Å². The molecule has 0 bridgehead atoms. The summed E-state index contributed by atoms with van der Waals surface area (Å²) in [5, 5.41) is 10.6. The van der Waals surface area contributed by atoms with Crippen molar-refractivity contribution in [2.75, 3.05) is 13.2 Å². The Hall–Kier alpha value is -2.64. The molecule has 0 unspecified atom stereocenters. The Morgan fingerprint density at radius 3 is 2.35 bits per heavy atom. The number of esters is 1. The zero-order valence-electron chi connectivity index (χ0n) is 27.8. The van der Waals surface area contributed by atoms with Crippen molar-refractivity contribution in [2.24, 2.45) is 17.3 Å². The summed E-state index contributed by atoms with van der Waals surface area (Å²) in [4.78, 5) is 55.7. The third kappa shape index (κ3) is 8.63. The Bertz CT molecular complexity index is 1290. The van der Waals surface area contributed by atoms with Crippen molar-refractivity contribution in [1.82, 2.24) is 9.62 Å². The van der Waals surface area contributed by atoms with Crippen LogP contribution in [0.4, 0.5) is 4.39 Å². The molecule has 2 N–H and O–H groups in total. The first-order valence-electron chi connectivity index (χ1n) is 16.1. The van der Waals surface area contributed by atoms with Crippen LogP contribution >= 0.6 is 0 Å². The molecule has 0 aromatic rings. The Labute approximate surface area is 272 Å². The van der Waals surface area contributed by atoms with Crippen LogP contribution in [0.1, 0.15) is 92.4 Å². The van der Waals surface area contributed by atoms with Gasteiger partial charge < -0.3 is 19.5 Å². The summed E-state index contributed by atoms with van der Waals surface area (Å²) in [6.07, 6.45) is 2.51. The largest absolute Gasteiger partial charge is 0.460 e. The van der Waals surface area contributed by atoms with E-state index in [9.17, 15) is 37.1 Å². The van der Waals surface area contributed by atoms with Crippen molar-refractivity contribution in [3.05, 3.63) is 25.3 Å². The van der Waals surface area contributed by atoms with Crippen LogP contribution in [0.5, 0.6) is 0 Å². The molecule has 11 nitrogen and oxygen atoms in total. The maximum Gasteiger partial charge on any atom is 0.307 e. The number of β-amino-alcohol motifs (C(OH)–C–C–N with tert-alkyl or cyclic N) is 1. The summed E-state index contributed by atoms with van der Waals surface area (Å²) in [6.45, 7) is 15.0. The van der Waals surface area contributed by atoms with Gasteiger partial charge in [-0.25, -0.2) is 12.8 Å². The predicted octanol–water partition coefficient (Wildman–Crippen LogP) is 3.55. The summed E-state index contributed by atoms with van der Waals surface area (Å²) in [5.74, 6) is -4.13. The van der Waals surface area contributed by atoms with Gasteiger partial charge in [0, 0.05) is 19.4 Å². The molecule has 3 aliphatic rings. The van der Waals surface area contributed by atoms with Crippen LogP contribution in [0.15, 0.2) is 25.3 Å². The zero-order valence-corrected chi connectivity index (χ0v) is 28.6. The number of amides is 2. The van der Waals surface area contributed by atoms with E-state index < -0.39 is 92.5 Å². The number of allylic oxidation sites excluding steroid dienone is 2. The minimum Gasteiger partial charge on any atom is -0.460 e. The normalized spacial score (nSPS) is 27.2. The summed E-state index contributed by atoms with van der Waals surface area (Å²) < 4.78 is 51.3. The number of rotatable bonds is 18. The second-order valence-corrected chi connectivity index (χ2v) is 16.2. The van der Waals surface area contributed by atoms with E-state index in [0.717, 1.165) is 0 Å². The highest BCUT2D eigenvalue weighted by Gasteiger charge is 2.63. The average Bonchev–Trinajstić information content (AvgIpc) is 3.88. The van der Waals surface area contributed by atoms with Crippen molar-refractivity contribution in [1.29, 1.82) is 0 Å². The van der Waals surface area contributed by atoms with Crippen LogP contribution in [-0.2, 0) is 38.7 Å². The number of likely N-dealkylation sites (tertiary alicyclic amines) is 1. The molecule has 0 spiro atoms. The van der Waals surface area contributed by atoms with Crippen LogP contribution < -0.4 is 4.72 Å². The van der Waals surface area contributed by atoms with Gasteiger partial charge in [-0.3, -0.25) is 23.9 Å². The number of nitrogens with zero attached hydrogens (tertiary/aromatic N) is 1. The van der Waals surface area contributed by atoms with E-state index in [0.29, 0.717) is 19.3 Å². The number of carbonyl (C=O) groups excluding carboxylic acids is 4. The standard InChI is InChI=1S/C33H51FN2O9S/c1-8-11-12-21(4)44-27(10-3)24(16-28(39)45-31(5,6)7)29(40)36-19-23(37)15-25(36)26(38)18-33(17-22(33)9-2)30(41)35-46(42,43)32(20-34)13-14-32/h8-9,21-25,27,37H,1-2,10-20H2,3-7H3,(H,35,41)/t21-,22-,23-,24+,25+,27+,33-/m1/s1. The van der Waals surface area contributed by atoms with Gasteiger partial charge in [0.15, 0.2) is 5.78 Å². The molecule has 1 heterocycles. The van der Waals surface area contributed by atoms with Crippen molar-refractivity contribution in [3.8, 4) is 0 Å². The number of Topliss-reactive ketones (excluding diaryl/α,β-unsaturated/α-hetero) is 1. The van der Waals surface area contributed by atoms with Crippen LogP contribution in [-0.4, -0.2) is 89.9 Å². The number of carbonyl (C=O) groups is 4. The Kier molecular flexibility index (Phi) is 12.0. The minimum absolute atomic E-state index is 0.0865. The lowest BCUT2D eigenvalue weighted by atomic mass is 9.90. The molecule has 260 valence electrons. The van der Waals surface area contributed by atoms with Crippen LogP contribution in [0.3, 0.4) is 0 Å². The summed E-state index contributed by atoms with van der Waals surface area (Å²) in [5.41, 5.74) is -2.23. The van der Waals surface area contributed by atoms with E-state index in [-0.39, 0.29) is 44.8 Å². The summed E-state index contributed by atoms with van der Waals surface area (Å²) >= 11 is 0. The lowest BCUT2D eigenvalue weighted by Gasteiger charge is -2.34. The Morgan fingerprint density at radius 2 is 1.85 bits per heavy atom. The quantitative estimate of drug-likeness (QED) is 0.165. The number of hydrogen-bond acceptors (Lipinski definition) is 9. The highest BCUT2D eigenvalue weighted by atomic mass is 32.2. The fourth-order valence-corrected chi connectivity index (χ4v) is 7.72. The van der Waals surface area contributed by atoms with Crippen molar-refractivity contribution in [3.63, 3.8) is 0 Å². The van der Waals surface area contributed by atoms with Gasteiger partial charge in [0.1, 0.15) is 17.0 Å². The third-order valence-corrected chi connectivity index (χ3v) is 11.4. The maximum atomic E-state index is 14.2.